The Morgan fingerprint density at radius 1 is 1.35 bits per heavy atom. The van der Waals surface area contributed by atoms with E-state index >= 15 is 0 Å². The van der Waals surface area contributed by atoms with Gasteiger partial charge in [0.25, 0.3) is 0 Å². The van der Waals surface area contributed by atoms with Gasteiger partial charge in [-0.2, -0.15) is 0 Å². The predicted octanol–water partition coefficient (Wildman–Crippen LogP) is 2.75. The summed E-state index contributed by atoms with van der Waals surface area (Å²) in [5.41, 5.74) is 2.38. The van der Waals surface area contributed by atoms with E-state index in [1.54, 1.807) is 6.20 Å². The molecule has 0 fully saturated rings. The number of nitrogens with zero attached hydrogens (tertiary/aromatic N) is 2. The Bertz CT molecular complexity index is 634. The van der Waals surface area contributed by atoms with Crippen LogP contribution in [-0.4, -0.2) is 22.7 Å². The number of fused-ring (bicyclic) bond motifs is 3. The van der Waals surface area contributed by atoms with Crippen molar-refractivity contribution in [1.29, 1.82) is 0 Å². The molecule has 1 N–H and O–H groups in total. The molecule has 2 heterocycles. The molecule has 1 aromatic carbocycles. The van der Waals surface area contributed by atoms with Crippen LogP contribution in [0.3, 0.4) is 0 Å². The van der Waals surface area contributed by atoms with Crippen molar-refractivity contribution in [2.75, 3.05) is 11.4 Å². The van der Waals surface area contributed by atoms with Gasteiger partial charge in [0, 0.05) is 23.7 Å². The monoisotopic (exact) mass is 226 g/mol. The lowest BCUT2D eigenvalue weighted by Crippen LogP contribution is -2.31. The SMILES string of the molecule is O=C(O)N1CC=Cc2cnc3ccccc3c21. The molecule has 0 bridgehead atoms. The van der Waals surface area contributed by atoms with Crippen molar-refractivity contribution < 1.29 is 9.90 Å². The Morgan fingerprint density at radius 2 is 2.18 bits per heavy atom. The number of hydrogen-bond donors (Lipinski definition) is 1. The van der Waals surface area contributed by atoms with Crippen molar-refractivity contribution in [2.24, 2.45) is 0 Å². The van der Waals surface area contributed by atoms with Gasteiger partial charge in [-0.1, -0.05) is 30.4 Å². The quantitative estimate of drug-likeness (QED) is 0.751. The van der Waals surface area contributed by atoms with Crippen molar-refractivity contribution in [3.63, 3.8) is 0 Å². The second kappa shape index (κ2) is 3.59. The van der Waals surface area contributed by atoms with Gasteiger partial charge in [0.1, 0.15) is 0 Å². The second-order valence-corrected chi connectivity index (χ2v) is 3.87. The summed E-state index contributed by atoms with van der Waals surface area (Å²) in [6, 6.07) is 7.57. The summed E-state index contributed by atoms with van der Waals surface area (Å²) in [6.07, 6.45) is 4.51. The number of rotatable bonds is 0. The van der Waals surface area contributed by atoms with Crippen LogP contribution >= 0.6 is 0 Å². The van der Waals surface area contributed by atoms with Crippen LogP contribution in [0.25, 0.3) is 17.0 Å². The number of para-hydroxylation sites is 1. The standard InChI is InChI=1S/C13H10N2O2/c16-13(17)15-7-3-4-9-8-14-11-6-2-1-5-10(11)12(9)15/h1-6,8H,7H2,(H,16,17). The van der Waals surface area contributed by atoms with Gasteiger partial charge in [-0.3, -0.25) is 9.88 Å². The van der Waals surface area contributed by atoms with Gasteiger partial charge in [-0.05, 0) is 6.07 Å². The first-order chi connectivity index (χ1) is 8.27. The Labute approximate surface area is 97.8 Å². The molecule has 84 valence electrons. The summed E-state index contributed by atoms with van der Waals surface area (Å²) < 4.78 is 0. The first-order valence-electron chi connectivity index (χ1n) is 5.32. The third kappa shape index (κ3) is 1.45. The maximum Gasteiger partial charge on any atom is 0.412 e. The van der Waals surface area contributed by atoms with Gasteiger partial charge in [-0.15, -0.1) is 0 Å². The van der Waals surface area contributed by atoms with E-state index in [-0.39, 0.29) is 0 Å². The molecule has 3 rings (SSSR count). The van der Waals surface area contributed by atoms with Crippen LogP contribution in [0.2, 0.25) is 0 Å². The number of benzene rings is 1. The summed E-state index contributed by atoms with van der Waals surface area (Å²) in [7, 11) is 0. The molecule has 0 aliphatic carbocycles. The van der Waals surface area contributed by atoms with E-state index in [2.05, 4.69) is 4.98 Å². The molecule has 4 heteroatoms. The molecule has 4 nitrogen and oxygen atoms in total. The lowest BCUT2D eigenvalue weighted by atomic mass is 10.1. The molecule has 1 aliphatic heterocycles. The van der Waals surface area contributed by atoms with Gasteiger partial charge in [0.05, 0.1) is 11.2 Å². The molecule has 0 saturated carbocycles. The number of anilines is 1. The number of aromatic nitrogens is 1. The molecular formula is C13H10N2O2. The van der Waals surface area contributed by atoms with E-state index < -0.39 is 6.09 Å². The van der Waals surface area contributed by atoms with Crippen LogP contribution in [0.4, 0.5) is 10.5 Å². The largest absolute Gasteiger partial charge is 0.465 e. The summed E-state index contributed by atoms with van der Waals surface area (Å²) in [5.74, 6) is 0. The molecule has 1 aromatic heterocycles. The van der Waals surface area contributed by atoms with Crippen molar-refractivity contribution in [2.45, 2.75) is 0 Å². The van der Waals surface area contributed by atoms with Crippen molar-refractivity contribution in [3.8, 4) is 0 Å². The van der Waals surface area contributed by atoms with E-state index in [0.717, 1.165) is 22.2 Å². The van der Waals surface area contributed by atoms with E-state index in [9.17, 15) is 9.90 Å². The summed E-state index contributed by atoms with van der Waals surface area (Å²) in [5, 5.41) is 10.1. The van der Waals surface area contributed by atoms with Crippen molar-refractivity contribution in [1.82, 2.24) is 4.98 Å². The molecule has 0 radical (unpaired) electrons. The number of carbonyl (C=O) groups is 1. The number of pyridine rings is 1. The van der Waals surface area contributed by atoms with Gasteiger partial charge < -0.3 is 5.11 Å². The first-order valence-corrected chi connectivity index (χ1v) is 5.32. The molecule has 0 atom stereocenters. The van der Waals surface area contributed by atoms with Crippen LogP contribution in [-0.2, 0) is 0 Å². The summed E-state index contributed by atoms with van der Waals surface area (Å²) in [6.45, 7) is 0.385. The van der Waals surface area contributed by atoms with Crippen molar-refractivity contribution >= 4 is 28.8 Å². The maximum absolute atomic E-state index is 11.2. The average molecular weight is 226 g/mol. The molecule has 1 amide bonds. The highest BCUT2D eigenvalue weighted by Gasteiger charge is 2.21. The molecule has 0 unspecified atom stereocenters. The second-order valence-electron chi connectivity index (χ2n) is 3.87. The van der Waals surface area contributed by atoms with E-state index in [1.807, 2.05) is 36.4 Å². The van der Waals surface area contributed by atoms with Crippen molar-refractivity contribution in [3.05, 3.63) is 42.1 Å². The Morgan fingerprint density at radius 3 is 3.00 bits per heavy atom. The number of amides is 1. The minimum Gasteiger partial charge on any atom is -0.465 e. The molecule has 17 heavy (non-hydrogen) atoms. The molecule has 1 aliphatic rings. The van der Waals surface area contributed by atoms with E-state index in [4.69, 9.17) is 0 Å². The zero-order chi connectivity index (χ0) is 11.8. The number of hydrogen-bond acceptors (Lipinski definition) is 2. The third-order valence-corrected chi connectivity index (χ3v) is 2.86. The maximum atomic E-state index is 11.2. The lowest BCUT2D eigenvalue weighted by Gasteiger charge is -2.24. The molecule has 0 saturated heterocycles. The highest BCUT2D eigenvalue weighted by molar-refractivity contribution is 6.04. The van der Waals surface area contributed by atoms with Crippen LogP contribution < -0.4 is 4.90 Å². The van der Waals surface area contributed by atoms with E-state index in [1.165, 1.54) is 4.90 Å². The van der Waals surface area contributed by atoms with Gasteiger partial charge >= 0.3 is 6.09 Å². The van der Waals surface area contributed by atoms with Crippen LogP contribution in [0.1, 0.15) is 5.56 Å². The topological polar surface area (TPSA) is 53.4 Å². The molecule has 2 aromatic rings. The van der Waals surface area contributed by atoms with Gasteiger partial charge in [0.15, 0.2) is 0 Å². The fourth-order valence-electron chi connectivity index (χ4n) is 2.12. The van der Waals surface area contributed by atoms with Crippen LogP contribution in [0.5, 0.6) is 0 Å². The fraction of sp³-hybridized carbons (Fsp3) is 0.0769. The zero-order valence-corrected chi connectivity index (χ0v) is 9.00. The summed E-state index contributed by atoms with van der Waals surface area (Å²) in [4.78, 5) is 16.9. The highest BCUT2D eigenvalue weighted by atomic mass is 16.4. The third-order valence-electron chi connectivity index (χ3n) is 2.86. The predicted molar refractivity (Wildman–Crippen MR) is 66.1 cm³/mol. The Kier molecular flexibility index (Phi) is 2.08. The first kappa shape index (κ1) is 9.84. The smallest absolute Gasteiger partial charge is 0.412 e. The number of carboxylic acid groups (broad SMARTS) is 1. The minimum atomic E-state index is -0.938. The van der Waals surface area contributed by atoms with Gasteiger partial charge in [0.2, 0.25) is 0 Å². The molecule has 0 spiro atoms. The van der Waals surface area contributed by atoms with Crippen LogP contribution in [0, 0.1) is 0 Å². The average Bonchev–Trinajstić information content (AvgIpc) is 2.37. The normalized spacial score (nSPS) is 13.8. The van der Waals surface area contributed by atoms with Gasteiger partial charge in [-0.25, -0.2) is 4.79 Å². The summed E-state index contributed by atoms with van der Waals surface area (Å²) >= 11 is 0. The fourth-order valence-corrected chi connectivity index (χ4v) is 2.12. The molecular weight excluding hydrogens is 216 g/mol. The van der Waals surface area contributed by atoms with Crippen LogP contribution in [0.15, 0.2) is 36.5 Å². The zero-order valence-electron chi connectivity index (χ0n) is 9.00. The Balaban J connectivity index is 2.36. The van der Waals surface area contributed by atoms with E-state index in [0.29, 0.717) is 6.54 Å². The minimum absolute atomic E-state index is 0.385. The Hall–Kier alpha value is -2.36. The lowest BCUT2D eigenvalue weighted by molar-refractivity contribution is 0.202. The highest BCUT2D eigenvalue weighted by Crippen LogP contribution is 2.32.